The van der Waals surface area contributed by atoms with Crippen molar-refractivity contribution in [2.75, 3.05) is 4.90 Å². The summed E-state index contributed by atoms with van der Waals surface area (Å²) < 4.78 is 29.6. The molecule has 0 aliphatic carbocycles. The number of thiazole rings is 1. The number of amides is 2. The van der Waals surface area contributed by atoms with Gasteiger partial charge in [-0.1, -0.05) is 17.7 Å². The number of carbonyl (C=O) groups excluding carboxylic acids is 2. The molecule has 1 atom stereocenters. The fourth-order valence-corrected chi connectivity index (χ4v) is 7.82. The van der Waals surface area contributed by atoms with E-state index in [9.17, 15) is 18.0 Å². The molecular weight excluding hydrogens is 542 g/mol. The first kappa shape index (κ1) is 26.5. The predicted octanol–water partition coefficient (Wildman–Crippen LogP) is 6.05. The Morgan fingerprint density at radius 1 is 1.00 bits per heavy atom. The molecule has 3 aromatic carbocycles. The summed E-state index contributed by atoms with van der Waals surface area (Å²) >= 11 is 7.52. The normalized spacial score (nSPS) is 16.7. The lowest BCUT2D eigenvalue weighted by Crippen LogP contribution is -2.54. The second-order valence-electron chi connectivity index (χ2n) is 10.2. The van der Waals surface area contributed by atoms with Gasteiger partial charge in [0.1, 0.15) is 11.0 Å². The maximum absolute atomic E-state index is 13.7. The quantitative estimate of drug-likeness (QED) is 0.274. The van der Waals surface area contributed by atoms with Gasteiger partial charge in [-0.15, -0.1) is 11.3 Å². The first-order valence-electron chi connectivity index (χ1n) is 12.0. The Labute approximate surface area is 230 Å². The van der Waals surface area contributed by atoms with Gasteiger partial charge in [0.25, 0.3) is 5.91 Å². The van der Waals surface area contributed by atoms with Crippen molar-refractivity contribution in [3.63, 3.8) is 0 Å². The molecule has 0 spiro atoms. The zero-order chi connectivity index (χ0) is 27.4. The van der Waals surface area contributed by atoms with Gasteiger partial charge in [-0.05, 0) is 93.9 Å². The molecule has 1 fully saturated rings. The molecule has 0 N–H and O–H groups in total. The van der Waals surface area contributed by atoms with E-state index >= 15 is 0 Å². The van der Waals surface area contributed by atoms with Gasteiger partial charge in [0, 0.05) is 16.1 Å². The van der Waals surface area contributed by atoms with Gasteiger partial charge in [0.05, 0.1) is 27.2 Å². The van der Waals surface area contributed by atoms with Crippen molar-refractivity contribution in [3.8, 4) is 10.6 Å². The predicted molar refractivity (Wildman–Crippen MR) is 151 cm³/mol. The van der Waals surface area contributed by atoms with Crippen LogP contribution >= 0.6 is 22.9 Å². The van der Waals surface area contributed by atoms with Gasteiger partial charge in [-0.25, -0.2) is 18.3 Å². The van der Waals surface area contributed by atoms with Crippen LogP contribution in [0.4, 0.5) is 5.69 Å². The molecule has 2 amide bonds. The first-order chi connectivity index (χ1) is 17.9. The van der Waals surface area contributed by atoms with Crippen LogP contribution in [0.25, 0.3) is 20.8 Å². The number of hydrogen-bond donors (Lipinski definition) is 0. The number of imide groups is 1. The summed E-state index contributed by atoms with van der Waals surface area (Å²) in [6, 6.07) is 17.7. The van der Waals surface area contributed by atoms with Crippen LogP contribution in [0.3, 0.4) is 0 Å². The van der Waals surface area contributed by atoms with E-state index in [-0.39, 0.29) is 11.3 Å². The van der Waals surface area contributed by atoms with E-state index in [4.69, 9.17) is 16.6 Å². The number of aromatic nitrogens is 1. The number of halogens is 1. The molecule has 2 heterocycles. The van der Waals surface area contributed by atoms with E-state index in [0.29, 0.717) is 10.7 Å². The second-order valence-corrected chi connectivity index (χ2v) is 13.5. The molecule has 1 saturated heterocycles. The Hall–Kier alpha value is -3.11. The molecule has 196 valence electrons. The van der Waals surface area contributed by atoms with Crippen LogP contribution in [0.15, 0.2) is 71.6 Å². The van der Waals surface area contributed by atoms with Crippen LogP contribution in [0.5, 0.6) is 0 Å². The van der Waals surface area contributed by atoms with Crippen molar-refractivity contribution in [2.45, 2.75) is 50.6 Å². The van der Waals surface area contributed by atoms with Crippen LogP contribution < -0.4 is 4.90 Å². The molecule has 1 aromatic heterocycles. The van der Waals surface area contributed by atoms with Crippen molar-refractivity contribution in [1.29, 1.82) is 0 Å². The molecule has 1 aliphatic rings. The minimum Gasteiger partial charge on any atom is -0.274 e. The lowest BCUT2D eigenvalue weighted by Gasteiger charge is -2.37. The van der Waals surface area contributed by atoms with Crippen molar-refractivity contribution >= 4 is 60.7 Å². The average molecular weight is 568 g/mol. The van der Waals surface area contributed by atoms with Gasteiger partial charge in [-0.3, -0.25) is 9.59 Å². The smallest absolute Gasteiger partial charge is 0.252 e. The third-order valence-corrected chi connectivity index (χ3v) is 9.86. The van der Waals surface area contributed by atoms with Crippen LogP contribution in [0.2, 0.25) is 5.02 Å². The minimum atomic E-state index is -4.11. The highest BCUT2D eigenvalue weighted by atomic mass is 35.5. The molecule has 38 heavy (non-hydrogen) atoms. The highest BCUT2D eigenvalue weighted by Gasteiger charge is 2.50. The minimum absolute atomic E-state index is 0.00547. The van der Waals surface area contributed by atoms with Gasteiger partial charge in [0.2, 0.25) is 15.9 Å². The third kappa shape index (κ3) is 4.75. The number of fused-ring (bicyclic) bond motifs is 1. The Bertz CT molecular complexity index is 1660. The van der Waals surface area contributed by atoms with Crippen LogP contribution in [0.1, 0.15) is 32.8 Å². The van der Waals surface area contributed by atoms with E-state index in [0.717, 1.165) is 35.6 Å². The Morgan fingerprint density at radius 3 is 2.29 bits per heavy atom. The number of aryl methyl sites for hydroxylation is 1. The Morgan fingerprint density at radius 2 is 1.66 bits per heavy atom. The zero-order valence-corrected chi connectivity index (χ0v) is 23.7. The fourth-order valence-electron chi connectivity index (χ4n) is 4.69. The van der Waals surface area contributed by atoms with E-state index in [2.05, 4.69) is 6.07 Å². The molecule has 1 unspecified atom stereocenters. The lowest BCUT2D eigenvalue weighted by molar-refractivity contribution is -0.122. The van der Waals surface area contributed by atoms with Crippen LogP contribution in [-0.4, -0.2) is 41.1 Å². The van der Waals surface area contributed by atoms with Gasteiger partial charge >= 0.3 is 0 Å². The third-order valence-electron chi connectivity index (χ3n) is 6.35. The van der Waals surface area contributed by atoms with Crippen molar-refractivity contribution in [2.24, 2.45) is 0 Å². The molecule has 4 aromatic rings. The molecule has 1 aliphatic heterocycles. The Balaban J connectivity index is 1.45. The summed E-state index contributed by atoms with van der Waals surface area (Å²) in [5.41, 5.74) is 2.36. The number of rotatable bonds is 5. The monoisotopic (exact) mass is 567 g/mol. The fraction of sp³-hybridized carbons (Fsp3) is 0.250. The summed E-state index contributed by atoms with van der Waals surface area (Å²) in [5, 5.41) is 1.23. The van der Waals surface area contributed by atoms with Crippen LogP contribution in [0, 0.1) is 6.92 Å². The van der Waals surface area contributed by atoms with Crippen molar-refractivity contribution < 1.29 is 18.0 Å². The SMILES string of the molecule is Cc1ccc2nc(-c3ccc(N4C(=O)CC(N(C(C)(C)C)S(=O)(=O)c5ccc(Cl)cc5)C4=O)cc3)sc2c1. The second kappa shape index (κ2) is 9.57. The maximum Gasteiger partial charge on any atom is 0.252 e. The van der Waals surface area contributed by atoms with Gasteiger partial charge < -0.3 is 0 Å². The number of anilines is 1. The first-order valence-corrected chi connectivity index (χ1v) is 14.6. The molecule has 0 saturated carbocycles. The van der Waals surface area contributed by atoms with E-state index in [1.165, 1.54) is 24.3 Å². The number of hydrogen-bond acceptors (Lipinski definition) is 6. The van der Waals surface area contributed by atoms with Gasteiger partial charge in [0.15, 0.2) is 0 Å². The highest BCUT2D eigenvalue weighted by Crippen LogP contribution is 2.36. The summed E-state index contributed by atoms with van der Waals surface area (Å²) in [6.45, 7) is 7.14. The topological polar surface area (TPSA) is 87.7 Å². The summed E-state index contributed by atoms with van der Waals surface area (Å²) in [4.78, 5) is 32.5. The molecule has 10 heteroatoms. The van der Waals surface area contributed by atoms with Crippen LogP contribution in [-0.2, 0) is 19.6 Å². The molecule has 5 rings (SSSR count). The number of sulfonamides is 1. The zero-order valence-electron chi connectivity index (χ0n) is 21.3. The Kier molecular flexibility index (Phi) is 6.67. The summed E-state index contributed by atoms with van der Waals surface area (Å²) in [6.07, 6.45) is -0.248. The number of nitrogens with zero attached hydrogens (tertiary/aromatic N) is 3. The number of carbonyl (C=O) groups is 2. The van der Waals surface area contributed by atoms with Crippen molar-refractivity contribution in [3.05, 3.63) is 77.3 Å². The average Bonchev–Trinajstić information content (AvgIpc) is 3.38. The standard InChI is InChI=1S/C28H26ClN3O4S2/c1-17-5-14-22-24(15-17)37-26(30-22)18-6-10-20(11-7-18)31-25(33)16-23(27(31)34)32(28(2,3)4)38(35,36)21-12-8-19(29)9-13-21/h5-15,23H,16H2,1-4H3. The van der Waals surface area contributed by atoms with Crippen molar-refractivity contribution in [1.82, 2.24) is 9.29 Å². The lowest BCUT2D eigenvalue weighted by atomic mass is 10.1. The largest absolute Gasteiger partial charge is 0.274 e. The molecule has 0 bridgehead atoms. The molecule has 0 radical (unpaired) electrons. The molecule has 7 nitrogen and oxygen atoms in total. The highest BCUT2D eigenvalue weighted by molar-refractivity contribution is 7.89. The molecular formula is C28H26ClN3O4S2. The number of benzene rings is 3. The maximum atomic E-state index is 13.7. The van der Waals surface area contributed by atoms with E-state index < -0.39 is 33.4 Å². The van der Waals surface area contributed by atoms with E-state index in [1.807, 2.05) is 31.2 Å². The summed E-state index contributed by atoms with van der Waals surface area (Å²) in [7, 11) is -4.11. The van der Waals surface area contributed by atoms with Gasteiger partial charge in [-0.2, -0.15) is 4.31 Å². The van der Waals surface area contributed by atoms with E-state index in [1.54, 1.807) is 44.2 Å². The summed E-state index contributed by atoms with van der Waals surface area (Å²) in [5.74, 6) is -1.03.